The molecule has 1 aromatic carbocycles. The highest BCUT2D eigenvalue weighted by molar-refractivity contribution is 5.70. The zero-order chi connectivity index (χ0) is 13.1. The van der Waals surface area contributed by atoms with Crippen molar-refractivity contribution < 1.29 is 13.9 Å². The molecule has 0 aliphatic heterocycles. The highest BCUT2D eigenvalue weighted by Gasteiger charge is 2.14. The number of halogens is 1. The maximum atomic E-state index is 12.9. The molecule has 18 heavy (non-hydrogen) atoms. The van der Waals surface area contributed by atoms with Crippen LogP contribution in [-0.4, -0.2) is 24.2 Å². The summed E-state index contributed by atoms with van der Waals surface area (Å²) in [5, 5.41) is 0. The van der Waals surface area contributed by atoms with Crippen LogP contribution in [0.15, 0.2) is 24.3 Å². The predicted molar refractivity (Wildman–Crippen MR) is 65.3 cm³/mol. The summed E-state index contributed by atoms with van der Waals surface area (Å²) in [6.45, 7) is 1.82. The molecule has 0 N–H and O–H groups in total. The van der Waals surface area contributed by atoms with Crippen molar-refractivity contribution >= 4 is 0 Å². The SMILES string of the molecule is COc1nc(C)c(-c2ccc(F)cc2)c(OC)n1. The molecule has 0 spiro atoms. The summed E-state index contributed by atoms with van der Waals surface area (Å²) in [5.41, 5.74) is 2.25. The van der Waals surface area contributed by atoms with Crippen molar-refractivity contribution in [3.05, 3.63) is 35.8 Å². The summed E-state index contributed by atoms with van der Waals surface area (Å²) in [7, 11) is 3.01. The van der Waals surface area contributed by atoms with Gasteiger partial charge in [-0.25, -0.2) is 4.39 Å². The lowest BCUT2D eigenvalue weighted by molar-refractivity contribution is 0.352. The minimum atomic E-state index is -0.287. The number of methoxy groups -OCH3 is 2. The maximum absolute atomic E-state index is 12.9. The number of nitrogens with zero attached hydrogens (tertiary/aromatic N) is 2. The van der Waals surface area contributed by atoms with Crippen molar-refractivity contribution in [1.29, 1.82) is 0 Å². The lowest BCUT2D eigenvalue weighted by Gasteiger charge is -2.11. The third kappa shape index (κ3) is 2.25. The second kappa shape index (κ2) is 5.00. The lowest BCUT2D eigenvalue weighted by Crippen LogP contribution is -2.01. The summed E-state index contributed by atoms with van der Waals surface area (Å²) in [6.07, 6.45) is 0. The minimum Gasteiger partial charge on any atom is -0.480 e. The first-order valence-electron chi connectivity index (χ1n) is 5.38. The number of aromatic nitrogens is 2. The first kappa shape index (κ1) is 12.3. The number of aryl methyl sites for hydroxylation is 1. The topological polar surface area (TPSA) is 44.2 Å². The van der Waals surface area contributed by atoms with Crippen LogP contribution in [0.25, 0.3) is 11.1 Å². The van der Waals surface area contributed by atoms with E-state index >= 15 is 0 Å². The average Bonchev–Trinajstić information content (AvgIpc) is 2.39. The molecule has 2 aromatic rings. The largest absolute Gasteiger partial charge is 0.480 e. The fraction of sp³-hybridized carbons (Fsp3) is 0.231. The average molecular weight is 248 g/mol. The number of benzene rings is 1. The van der Waals surface area contributed by atoms with Crippen molar-refractivity contribution in [3.63, 3.8) is 0 Å². The molecule has 94 valence electrons. The Kier molecular flexibility index (Phi) is 3.41. The molecule has 1 aromatic heterocycles. The molecule has 0 radical (unpaired) electrons. The second-order valence-corrected chi connectivity index (χ2v) is 3.69. The third-order valence-electron chi connectivity index (χ3n) is 2.55. The van der Waals surface area contributed by atoms with Gasteiger partial charge >= 0.3 is 6.01 Å². The molecule has 1 heterocycles. The molecular weight excluding hydrogens is 235 g/mol. The Morgan fingerprint density at radius 3 is 2.22 bits per heavy atom. The summed E-state index contributed by atoms with van der Waals surface area (Å²) in [5.74, 6) is 0.121. The van der Waals surface area contributed by atoms with Gasteiger partial charge in [0, 0.05) is 0 Å². The number of hydrogen-bond donors (Lipinski definition) is 0. The van der Waals surface area contributed by atoms with Gasteiger partial charge in [0.25, 0.3) is 0 Å². The van der Waals surface area contributed by atoms with Crippen LogP contribution in [0.3, 0.4) is 0 Å². The third-order valence-corrected chi connectivity index (χ3v) is 2.55. The molecule has 0 aliphatic rings. The molecule has 5 heteroatoms. The molecule has 0 saturated heterocycles. The zero-order valence-electron chi connectivity index (χ0n) is 10.4. The summed E-state index contributed by atoms with van der Waals surface area (Å²) < 4.78 is 23.1. The van der Waals surface area contributed by atoms with E-state index in [9.17, 15) is 4.39 Å². The van der Waals surface area contributed by atoms with Gasteiger partial charge < -0.3 is 9.47 Å². The van der Waals surface area contributed by atoms with Crippen LogP contribution in [0.5, 0.6) is 11.9 Å². The van der Waals surface area contributed by atoms with E-state index in [1.807, 2.05) is 6.92 Å². The van der Waals surface area contributed by atoms with Gasteiger partial charge in [0.2, 0.25) is 5.88 Å². The summed E-state index contributed by atoms with van der Waals surface area (Å²) in [6, 6.07) is 6.35. The van der Waals surface area contributed by atoms with Crippen LogP contribution in [0.4, 0.5) is 4.39 Å². The van der Waals surface area contributed by atoms with Crippen LogP contribution in [0, 0.1) is 12.7 Å². The Labute approximate surface area is 104 Å². The Morgan fingerprint density at radius 1 is 1.00 bits per heavy atom. The van der Waals surface area contributed by atoms with E-state index in [-0.39, 0.29) is 11.8 Å². The highest BCUT2D eigenvalue weighted by atomic mass is 19.1. The zero-order valence-corrected chi connectivity index (χ0v) is 10.4. The fourth-order valence-corrected chi connectivity index (χ4v) is 1.71. The second-order valence-electron chi connectivity index (χ2n) is 3.69. The molecule has 0 fully saturated rings. The van der Waals surface area contributed by atoms with Crippen LogP contribution >= 0.6 is 0 Å². The number of hydrogen-bond acceptors (Lipinski definition) is 4. The molecule has 0 saturated carbocycles. The molecule has 0 atom stereocenters. The van der Waals surface area contributed by atoms with Gasteiger partial charge in [-0.2, -0.15) is 9.97 Å². The maximum Gasteiger partial charge on any atom is 0.319 e. The first-order chi connectivity index (χ1) is 8.65. The van der Waals surface area contributed by atoms with Gasteiger partial charge in [-0.1, -0.05) is 12.1 Å². The summed E-state index contributed by atoms with van der Waals surface area (Å²) >= 11 is 0. The summed E-state index contributed by atoms with van der Waals surface area (Å²) in [4.78, 5) is 8.31. The van der Waals surface area contributed by atoms with E-state index in [4.69, 9.17) is 9.47 Å². The van der Waals surface area contributed by atoms with E-state index < -0.39 is 0 Å². The number of rotatable bonds is 3. The van der Waals surface area contributed by atoms with E-state index in [1.54, 1.807) is 12.1 Å². The standard InChI is InChI=1S/C13H13FN2O2/c1-8-11(9-4-6-10(14)7-5-9)12(17-2)16-13(15-8)18-3/h4-7H,1-3H3. The quantitative estimate of drug-likeness (QED) is 0.837. The minimum absolute atomic E-state index is 0.246. The molecule has 0 unspecified atom stereocenters. The van der Waals surface area contributed by atoms with E-state index in [0.29, 0.717) is 11.6 Å². The van der Waals surface area contributed by atoms with Crippen molar-refractivity contribution in [1.82, 2.24) is 9.97 Å². The van der Waals surface area contributed by atoms with Crippen LogP contribution in [0.2, 0.25) is 0 Å². The monoisotopic (exact) mass is 248 g/mol. The van der Waals surface area contributed by atoms with E-state index in [2.05, 4.69) is 9.97 Å². The van der Waals surface area contributed by atoms with Crippen molar-refractivity contribution in [3.8, 4) is 23.0 Å². The highest BCUT2D eigenvalue weighted by Crippen LogP contribution is 2.32. The Bertz CT molecular complexity index is 556. The lowest BCUT2D eigenvalue weighted by atomic mass is 10.1. The molecule has 0 aliphatic carbocycles. The van der Waals surface area contributed by atoms with Gasteiger partial charge in [0.1, 0.15) is 5.82 Å². The van der Waals surface area contributed by atoms with Gasteiger partial charge in [0.15, 0.2) is 0 Å². The molecule has 2 rings (SSSR count). The fourth-order valence-electron chi connectivity index (χ4n) is 1.71. The normalized spacial score (nSPS) is 10.2. The molecule has 0 amide bonds. The van der Waals surface area contributed by atoms with Crippen molar-refractivity contribution in [2.45, 2.75) is 6.92 Å². The van der Waals surface area contributed by atoms with E-state index in [1.165, 1.54) is 26.4 Å². The first-order valence-corrected chi connectivity index (χ1v) is 5.38. The Balaban J connectivity index is 2.59. The van der Waals surface area contributed by atoms with Gasteiger partial charge in [0.05, 0.1) is 25.5 Å². The van der Waals surface area contributed by atoms with Crippen molar-refractivity contribution in [2.75, 3.05) is 14.2 Å². The number of ether oxygens (including phenoxy) is 2. The Hall–Kier alpha value is -2.17. The molecular formula is C13H13FN2O2. The Morgan fingerprint density at radius 2 is 1.67 bits per heavy atom. The van der Waals surface area contributed by atoms with Crippen molar-refractivity contribution in [2.24, 2.45) is 0 Å². The van der Waals surface area contributed by atoms with E-state index in [0.717, 1.165) is 11.1 Å². The molecule has 0 bridgehead atoms. The van der Waals surface area contributed by atoms with Crippen LogP contribution < -0.4 is 9.47 Å². The smallest absolute Gasteiger partial charge is 0.319 e. The molecule has 4 nitrogen and oxygen atoms in total. The van der Waals surface area contributed by atoms with Gasteiger partial charge in [-0.3, -0.25) is 0 Å². The van der Waals surface area contributed by atoms with Crippen LogP contribution in [0.1, 0.15) is 5.69 Å². The van der Waals surface area contributed by atoms with Crippen LogP contribution in [-0.2, 0) is 0 Å². The van der Waals surface area contributed by atoms with Gasteiger partial charge in [-0.15, -0.1) is 0 Å². The van der Waals surface area contributed by atoms with Gasteiger partial charge in [-0.05, 0) is 24.6 Å². The predicted octanol–water partition coefficient (Wildman–Crippen LogP) is 2.61.